The average Bonchev–Trinajstić information content (AvgIpc) is 3.29. The number of hydrogen-bond acceptors (Lipinski definition) is 3. The number of carbonyl (C=O) groups excluding carboxylic acids is 1. The van der Waals surface area contributed by atoms with E-state index in [-0.39, 0.29) is 29.1 Å². The van der Waals surface area contributed by atoms with Crippen molar-refractivity contribution in [3.8, 4) is 0 Å². The molecule has 1 aliphatic carbocycles. The van der Waals surface area contributed by atoms with Crippen LogP contribution in [-0.4, -0.2) is 10.8 Å². The Hall–Kier alpha value is -2.69. The van der Waals surface area contributed by atoms with Crippen LogP contribution in [0.15, 0.2) is 54.6 Å². The summed E-state index contributed by atoms with van der Waals surface area (Å²) < 4.78 is 0. The van der Waals surface area contributed by atoms with E-state index in [1.807, 2.05) is 30.3 Å². The molecule has 0 bridgehead atoms. The van der Waals surface area contributed by atoms with E-state index < -0.39 is 4.92 Å². The Balaban J connectivity index is 1.70. The minimum atomic E-state index is -0.489. The fourth-order valence-corrected chi connectivity index (χ4v) is 2.52. The molecule has 0 spiro atoms. The largest absolute Gasteiger partial charge is 0.320 e. The molecule has 2 aromatic carbocycles. The van der Waals surface area contributed by atoms with Crippen LogP contribution in [0.4, 0.5) is 11.4 Å². The second kappa shape index (κ2) is 5.36. The summed E-state index contributed by atoms with van der Waals surface area (Å²) in [5.41, 5.74) is 1.31. The Kier molecular flexibility index (Phi) is 3.39. The van der Waals surface area contributed by atoms with Crippen molar-refractivity contribution < 1.29 is 9.72 Å². The van der Waals surface area contributed by atoms with Gasteiger partial charge in [0.25, 0.3) is 5.69 Å². The minimum absolute atomic E-state index is 0.0808. The molecule has 2 atom stereocenters. The van der Waals surface area contributed by atoms with Crippen molar-refractivity contribution in [3.05, 3.63) is 70.3 Å². The van der Waals surface area contributed by atoms with E-state index in [2.05, 4.69) is 5.32 Å². The van der Waals surface area contributed by atoms with Gasteiger partial charge in [-0.3, -0.25) is 14.9 Å². The van der Waals surface area contributed by atoms with E-state index in [4.69, 9.17) is 0 Å². The number of para-hydroxylation sites is 2. The van der Waals surface area contributed by atoms with Crippen LogP contribution in [0.2, 0.25) is 0 Å². The quantitative estimate of drug-likeness (QED) is 0.690. The summed E-state index contributed by atoms with van der Waals surface area (Å²) in [5.74, 6) is -0.0423. The van der Waals surface area contributed by atoms with E-state index in [1.54, 1.807) is 18.2 Å². The average molecular weight is 282 g/mol. The Labute approximate surface area is 121 Å². The van der Waals surface area contributed by atoms with E-state index in [0.29, 0.717) is 0 Å². The van der Waals surface area contributed by atoms with Gasteiger partial charge in [0.15, 0.2) is 0 Å². The molecule has 1 saturated carbocycles. The van der Waals surface area contributed by atoms with E-state index in [0.717, 1.165) is 12.0 Å². The highest BCUT2D eigenvalue weighted by molar-refractivity contribution is 5.97. The lowest BCUT2D eigenvalue weighted by Gasteiger charge is -2.05. The molecular weight excluding hydrogens is 268 g/mol. The van der Waals surface area contributed by atoms with Crippen LogP contribution < -0.4 is 5.32 Å². The van der Waals surface area contributed by atoms with Gasteiger partial charge < -0.3 is 5.32 Å². The van der Waals surface area contributed by atoms with Gasteiger partial charge in [-0.15, -0.1) is 0 Å². The smallest absolute Gasteiger partial charge is 0.292 e. The molecule has 3 rings (SSSR count). The maximum atomic E-state index is 12.2. The number of anilines is 1. The standard InChI is InChI=1S/C16H14N2O3/c19-16(13-10-12(13)11-6-2-1-3-7-11)17-14-8-4-5-9-15(14)18(20)21/h1-9,12-13H,10H2,(H,17,19)/t12-,13-/m1/s1. The number of amides is 1. The maximum absolute atomic E-state index is 12.2. The number of nitrogens with zero attached hydrogens (tertiary/aromatic N) is 1. The first-order chi connectivity index (χ1) is 10.2. The molecular formula is C16H14N2O3. The van der Waals surface area contributed by atoms with Crippen LogP contribution in [0.1, 0.15) is 17.9 Å². The molecule has 1 N–H and O–H groups in total. The molecule has 0 unspecified atom stereocenters. The molecule has 1 fully saturated rings. The van der Waals surface area contributed by atoms with Crippen molar-refractivity contribution in [2.45, 2.75) is 12.3 Å². The number of nitro groups is 1. The maximum Gasteiger partial charge on any atom is 0.292 e. The molecule has 0 heterocycles. The normalized spacial score (nSPS) is 19.8. The number of nitrogens with one attached hydrogen (secondary N) is 1. The zero-order valence-corrected chi connectivity index (χ0v) is 11.2. The van der Waals surface area contributed by atoms with Gasteiger partial charge in [0.2, 0.25) is 5.91 Å². The van der Waals surface area contributed by atoms with Gasteiger partial charge in [-0.05, 0) is 24.0 Å². The predicted octanol–water partition coefficient (Wildman–Crippen LogP) is 3.34. The first kappa shape index (κ1) is 13.3. The highest BCUT2D eigenvalue weighted by atomic mass is 16.6. The highest BCUT2D eigenvalue weighted by Crippen LogP contribution is 2.48. The first-order valence-electron chi connectivity index (χ1n) is 6.76. The van der Waals surface area contributed by atoms with E-state index in [9.17, 15) is 14.9 Å². The van der Waals surface area contributed by atoms with Crippen molar-refractivity contribution >= 4 is 17.3 Å². The molecule has 5 heteroatoms. The molecule has 106 valence electrons. The predicted molar refractivity (Wildman–Crippen MR) is 79.0 cm³/mol. The Morgan fingerprint density at radius 1 is 1.10 bits per heavy atom. The van der Waals surface area contributed by atoms with Gasteiger partial charge in [-0.25, -0.2) is 0 Å². The van der Waals surface area contributed by atoms with Crippen LogP contribution in [0, 0.1) is 16.0 Å². The fraction of sp³-hybridized carbons (Fsp3) is 0.188. The molecule has 2 aromatic rings. The van der Waals surface area contributed by atoms with Gasteiger partial charge in [0.1, 0.15) is 5.69 Å². The minimum Gasteiger partial charge on any atom is -0.320 e. The third-order valence-electron chi connectivity index (χ3n) is 3.71. The number of hydrogen-bond donors (Lipinski definition) is 1. The summed E-state index contributed by atoms with van der Waals surface area (Å²) in [6.07, 6.45) is 0.788. The highest BCUT2D eigenvalue weighted by Gasteiger charge is 2.44. The lowest BCUT2D eigenvalue weighted by atomic mass is 10.1. The molecule has 0 radical (unpaired) electrons. The molecule has 1 aliphatic rings. The molecule has 0 saturated heterocycles. The number of carbonyl (C=O) groups is 1. The van der Waals surface area contributed by atoms with Gasteiger partial charge >= 0.3 is 0 Å². The van der Waals surface area contributed by atoms with Crippen molar-refractivity contribution in [3.63, 3.8) is 0 Å². The van der Waals surface area contributed by atoms with Crippen LogP contribution in [-0.2, 0) is 4.79 Å². The van der Waals surface area contributed by atoms with Crippen LogP contribution in [0.3, 0.4) is 0 Å². The zero-order valence-electron chi connectivity index (χ0n) is 11.2. The monoisotopic (exact) mass is 282 g/mol. The van der Waals surface area contributed by atoms with Gasteiger partial charge in [-0.2, -0.15) is 0 Å². The second-order valence-electron chi connectivity index (χ2n) is 5.12. The molecule has 5 nitrogen and oxygen atoms in total. The van der Waals surface area contributed by atoms with Crippen LogP contribution in [0.25, 0.3) is 0 Å². The topological polar surface area (TPSA) is 72.2 Å². The Morgan fingerprint density at radius 2 is 1.76 bits per heavy atom. The molecule has 21 heavy (non-hydrogen) atoms. The summed E-state index contributed by atoms with van der Waals surface area (Å²) in [6.45, 7) is 0. The number of benzene rings is 2. The Bertz CT molecular complexity index is 685. The second-order valence-corrected chi connectivity index (χ2v) is 5.12. The van der Waals surface area contributed by atoms with E-state index >= 15 is 0 Å². The molecule has 0 aliphatic heterocycles. The fourth-order valence-electron chi connectivity index (χ4n) is 2.52. The third kappa shape index (κ3) is 2.76. The van der Waals surface area contributed by atoms with Crippen molar-refractivity contribution in [1.82, 2.24) is 0 Å². The van der Waals surface area contributed by atoms with Crippen molar-refractivity contribution in [2.75, 3.05) is 5.32 Å². The first-order valence-corrected chi connectivity index (χ1v) is 6.76. The van der Waals surface area contributed by atoms with Crippen molar-refractivity contribution in [1.29, 1.82) is 0 Å². The number of nitro benzene ring substituents is 1. The van der Waals surface area contributed by atoms with Gasteiger partial charge in [-0.1, -0.05) is 42.5 Å². The molecule has 0 aromatic heterocycles. The van der Waals surface area contributed by atoms with Crippen LogP contribution >= 0.6 is 0 Å². The van der Waals surface area contributed by atoms with Gasteiger partial charge in [0, 0.05) is 12.0 Å². The van der Waals surface area contributed by atoms with Gasteiger partial charge in [0.05, 0.1) is 4.92 Å². The van der Waals surface area contributed by atoms with E-state index in [1.165, 1.54) is 6.07 Å². The lowest BCUT2D eigenvalue weighted by Crippen LogP contribution is -2.15. The number of rotatable bonds is 4. The lowest BCUT2D eigenvalue weighted by molar-refractivity contribution is -0.383. The summed E-state index contributed by atoms with van der Waals surface area (Å²) in [5, 5.41) is 13.6. The molecule has 1 amide bonds. The summed E-state index contributed by atoms with van der Waals surface area (Å²) in [7, 11) is 0. The Morgan fingerprint density at radius 3 is 2.48 bits per heavy atom. The summed E-state index contributed by atoms with van der Waals surface area (Å²) in [4.78, 5) is 22.6. The summed E-state index contributed by atoms with van der Waals surface area (Å²) in [6, 6.07) is 16.0. The van der Waals surface area contributed by atoms with Crippen LogP contribution in [0.5, 0.6) is 0 Å². The summed E-state index contributed by atoms with van der Waals surface area (Å²) >= 11 is 0. The SMILES string of the molecule is O=C(Nc1ccccc1[N+](=O)[O-])[C@@H]1C[C@@H]1c1ccccc1. The zero-order chi connectivity index (χ0) is 14.8. The third-order valence-corrected chi connectivity index (χ3v) is 3.71. The van der Waals surface area contributed by atoms with Crippen molar-refractivity contribution in [2.24, 2.45) is 5.92 Å².